The van der Waals surface area contributed by atoms with E-state index in [1.807, 2.05) is 11.0 Å². The van der Waals surface area contributed by atoms with E-state index < -0.39 is 0 Å². The molecule has 0 atom stereocenters. The molecule has 0 unspecified atom stereocenters. The first-order valence-electron chi connectivity index (χ1n) is 11.4. The van der Waals surface area contributed by atoms with Gasteiger partial charge in [-0.3, -0.25) is 9.79 Å². The number of para-hydroxylation sites is 1. The molecule has 0 aromatic heterocycles. The highest BCUT2D eigenvalue weighted by Gasteiger charge is 2.21. The molecule has 7 nitrogen and oxygen atoms in total. The Morgan fingerprint density at radius 3 is 2.50 bits per heavy atom. The number of carbonyl (C=O) groups excluding carboxylic acids is 1. The lowest BCUT2D eigenvalue weighted by Crippen LogP contribution is -2.52. The van der Waals surface area contributed by atoms with E-state index in [0.29, 0.717) is 12.1 Å². The van der Waals surface area contributed by atoms with Gasteiger partial charge in [0.2, 0.25) is 5.91 Å². The minimum atomic E-state index is 0.117. The van der Waals surface area contributed by atoms with Crippen LogP contribution in [0.25, 0.3) is 0 Å². The maximum absolute atomic E-state index is 12.6. The molecule has 0 spiro atoms. The van der Waals surface area contributed by atoms with Gasteiger partial charge < -0.3 is 25.2 Å². The van der Waals surface area contributed by atoms with Gasteiger partial charge in [-0.25, -0.2) is 0 Å². The zero-order chi connectivity index (χ0) is 21.0. The van der Waals surface area contributed by atoms with Crippen LogP contribution in [0.3, 0.4) is 0 Å². The molecular weight excluding hydrogens is 378 g/mol. The van der Waals surface area contributed by atoms with Crippen LogP contribution in [0.2, 0.25) is 0 Å². The van der Waals surface area contributed by atoms with Gasteiger partial charge in [0.25, 0.3) is 0 Å². The number of benzene rings is 1. The summed E-state index contributed by atoms with van der Waals surface area (Å²) in [6.45, 7) is 5.06. The summed E-state index contributed by atoms with van der Waals surface area (Å²) in [5.41, 5.74) is 1.22. The molecule has 1 amide bonds. The normalized spacial score (nSPS) is 18.4. The van der Waals surface area contributed by atoms with Crippen LogP contribution in [0.4, 0.5) is 5.69 Å². The number of ether oxygens (including phenoxy) is 1. The fraction of sp³-hybridized carbons (Fsp3) is 0.652. The zero-order valence-electron chi connectivity index (χ0n) is 18.3. The maximum Gasteiger partial charge on any atom is 0.242 e. The van der Waals surface area contributed by atoms with Crippen molar-refractivity contribution < 1.29 is 9.53 Å². The number of piperazine rings is 1. The molecule has 1 aliphatic heterocycles. The second-order valence-electron chi connectivity index (χ2n) is 8.04. The topological polar surface area (TPSA) is 69.2 Å². The first-order valence-corrected chi connectivity index (χ1v) is 11.4. The van der Waals surface area contributed by atoms with E-state index in [1.54, 1.807) is 7.05 Å². The number of amides is 1. The van der Waals surface area contributed by atoms with Gasteiger partial charge in [0.05, 0.1) is 12.6 Å². The number of nitrogens with one attached hydrogen (secondary N) is 2. The van der Waals surface area contributed by atoms with Crippen molar-refractivity contribution in [2.75, 3.05) is 57.8 Å². The van der Waals surface area contributed by atoms with Crippen molar-refractivity contribution in [3.8, 4) is 0 Å². The van der Waals surface area contributed by atoms with Crippen LogP contribution in [0.1, 0.15) is 38.5 Å². The summed E-state index contributed by atoms with van der Waals surface area (Å²) >= 11 is 0. The van der Waals surface area contributed by atoms with Crippen LogP contribution in [0, 0.1) is 0 Å². The van der Waals surface area contributed by atoms with Crippen molar-refractivity contribution in [2.45, 2.75) is 44.6 Å². The fourth-order valence-electron chi connectivity index (χ4n) is 4.11. The SMILES string of the molecule is CN=C(NCCCOC1CCCCC1)NCC(=O)N1CCN(c2ccccc2)CC1. The third-order valence-corrected chi connectivity index (χ3v) is 5.90. The molecule has 0 radical (unpaired) electrons. The Kier molecular flexibility index (Phi) is 9.28. The Hall–Kier alpha value is -2.28. The van der Waals surface area contributed by atoms with Crippen LogP contribution in [0.15, 0.2) is 35.3 Å². The molecule has 1 heterocycles. The number of hydrogen-bond acceptors (Lipinski definition) is 4. The predicted molar refractivity (Wildman–Crippen MR) is 122 cm³/mol. The number of anilines is 1. The molecule has 1 aromatic rings. The lowest BCUT2D eigenvalue weighted by molar-refractivity contribution is -0.130. The Labute approximate surface area is 180 Å². The molecule has 2 N–H and O–H groups in total. The molecule has 1 saturated heterocycles. The Morgan fingerprint density at radius 2 is 1.80 bits per heavy atom. The van der Waals surface area contributed by atoms with E-state index >= 15 is 0 Å². The Balaban J connectivity index is 1.27. The van der Waals surface area contributed by atoms with Crippen molar-refractivity contribution in [3.63, 3.8) is 0 Å². The second-order valence-corrected chi connectivity index (χ2v) is 8.04. The van der Waals surface area contributed by atoms with Crippen LogP contribution in [0.5, 0.6) is 0 Å². The quantitative estimate of drug-likeness (QED) is 0.387. The van der Waals surface area contributed by atoms with E-state index in [1.165, 1.54) is 37.8 Å². The smallest absolute Gasteiger partial charge is 0.242 e. The van der Waals surface area contributed by atoms with E-state index in [9.17, 15) is 4.79 Å². The number of aliphatic imine (C=N–C) groups is 1. The number of nitrogens with zero attached hydrogens (tertiary/aromatic N) is 3. The highest BCUT2D eigenvalue weighted by molar-refractivity contribution is 5.86. The van der Waals surface area contributed by atoms with Gasteiger partial charge in [-0.1, -0.05) is 37.5 Å². The summed E-state index contributed by atoms with van der Waals surface area (Å²) in [7, 11) is 1.73. The molecule has 3 rings (SSSR count). The molecule has 0 bridgehead atoms. The maximum atomic E-state index is 12.6. The first-order chi connectivity index (χ1) is 14.8. The van der Waals surface area contributed by atoms with Gasteiger partial charge in [0.1, 0.15) is 0 Å². The van der Waals surface area contributed by atoms with E-state index in [4.69, 9.17) is 4.74 Å². The molecule has 30 heavy (non-hydrogen) atoms. The summed E-state index contributed by atoms with van der Waals surface area (Å²) in [6, 6.07) is 10.4. The summed E-state index contributed by atoms with van der Waals surface area (Å²) in [4.78, 5) is 21.0. The number of guanidine groups is 1. The summed E-state index contributed by atoms with van der Waals surface area (Å²) in [5.74, 6) is 0.787. The molecule has 166 valence electrons. The van der Waals surface area contributed by atoms with Crippen molar-refractivity contribution in [1.82, 2.24) is 15.5 Å². The van der Waals surface area contributed by atoms with Crippen LogP contribution < -0.4 is 15.5 Å². The molecule has 2 fully saturated rings. The van der Waals surface area contributed by atoms with Crippen molar-refractivity contribution in [3.05, 3.63) is 30.3 Å². The standard InChI is InChI=1S/C23H37N5O2/c1-24-23(25-13-8-18-30-21-11-6-3-7-12-21)26-19-22(29)28-16-14-27(15-17-28)20-9-4-2-5-10-20/h2,4-5,9-10,21H,3,6-8,11-19H2,1H3,(H2,24,25,26). The lowest BCUT2D eigenvalue weighted by Gasteiger charge is -2.36. The monoisotopic (exact) mass is 415 g/mol. The first kappa shape index (κ1) is 22.4. The van der Waals surface area contributed by atoms with Gasteiger partial charge in [-0.05, 0) is 31.4 Å². The molecule has 7 heteroatoms. The third kappa shape index (κ3) is 7.20. The van der Waals surface area contributed by atoms with E-state index in [2.05, 4.69) is 44.8 Å². The van der Waals surface area contributed by atoms with E-state index in [-0.39, 0.29) is 12.5 Å². The lowest BCUT2D eigenvalue weighted by atomic mass is 9.98. The highest BCUT2D eigenvalue weighted by atomic mass is 16.5. The number of rotatable bonds is 8. The zero-order valence-corrected chi connectivity index (χ0v) is 18.3. The molecule has 1 aromatic carbocycles. The van der Waals surface area contributed by atoms with Gasteiger partial charge in [0.15, 0.2) is 5.96 Å². The minimum absolute atomic E-state index is 0.117. The third-order valence-electron chi connectivity index (χ3n) is 5.90. The minimum Gasteiger partial charge on any atom is -0.378 e. The average molecular weight is 416 g/mol. The van der Waals surface area contributed by atoms with E-state index in [0.717, 1.165) is 45.8 Å². The summed E-state index contributed by atoms with van der Waals surface area (Å²) < 4.78 is 5.95. The largest absolute Gasteiger partial charge is 0.378 e. The molecular formula is C23H37N5O2. The van der Waals surface area contributed by atoms with Crippen LogP contribution in [-0.2, 0) is 9.53 Å². The van der Waals surface area contributed by atoms with Gasteiger partial charge in [-0.2, -0.15) is 0 Å². The Morgan fingerprint density at radius 1 is 1.07 bits per heavy atom. The second kappa shape index (κ2) is 12.4. The highest BCUT2D eigenvalue weighted by Crippen LogP contribution is 2.20. The number of hydrogen-bond donors (Lipinski definition) is 2. The molecule has 1 aliphatic carbocycles. The van der Waals surface area contributed by atoms with Crippen LogP contribution in [-0.4, -0.2) is 75.8 Å². The molecule has 1 saturated carbocycles. The number of carbonyl (C=O) groups is 1. The fourth-order valence-corrected chi connectivity index (χ4v) is 4.11. The van der Waals surface area contributed by atoms with Crippen molar-refractivity contribution >= 4 is 17.6 Å². The van der Waals surface area contributed by atoms with Crippen LogP contribution >= 0.6 is 0 Å². The van der Waals surface area contributed by atoms with Gasteiger partial charge >= 0.3 is 0 Å². The van der Waals surface area contributed by atoms with Gasteiger partial charge in [-0.15, -0.1) is 0 Å². The Bertz CT molecular complexity index is 653. The predicted octanol–water partition coefficient (Wildman–Crippen LogP) is 2.24. The summed E-state index contributed by atoms with van der Waals surface area (Å²) in [5, 5.41) is 6.42. The van der Waals surface area contributed by atoms with Crippen molar-refractivity contribution in [1.29, 1.82) is 0 Å². The summed E-state index contributed by atoms with van der Waals surface area (Å²) in [6.07, 6.45) is 7.76. The van der Waals surface area contributed by atoms with Gasteiger partial charge in [0, 0.05) is 52.1 Å². The molecule has 2 aliphatic rings. The van der Waals surface area contributed by atoms with Crippen molar-refractivity contribution in [2.24, 2.45) is 4.99 Å². The average Bonchev–Trinajstić information content (AvgIpc) is 2.82.